The monoisotopic (exact) mass is 205 g/mol. The average Bonchev–Trinajstić information content (AvgIpc) is 2.26. The standard InChI is InChI=1S/C14H23N/c1-3-5-8-12(4-2)11-13-9-6-7-10-14(13)15/h6-7,9-10,12H,3-5,8,11,15H2,1-2H3. The lowest BCUT2D eigenvalue weighted by molar-refractivity contribution is 0.449. The fraction of sp³-hybridized carbons (Fsp3) is 0.571. The smallest absolute Gasteiger partial charge is 0.0346 e. The van der Waals surface area contributed by atoms with Crippen LogP contribution in [0.4, 0.5) is 5.69 Å². The summed E-state index contributed by atoms with van der Waals surface area (Å²) >= 11 is 0. The molecular formula is C14H23N. The maximum atomic E-state index is 5.95. The van der Waals surface area contributed by atoms with Crippen LogP contribution >= 0.6 is 0 Å². The van der Waals surface area contributed by atoms with Crippen molar-refractivity contribution in [2.24, 2.45) is 5.92 Å². The predicted molar refractivity (Wildman–Crippen MR) is 67.9 cm³/mol. The molecule has 84 valence electrons. The molecule has 0 heterocycles. The quantitative estimate of drug-likeness (QED) is 0.697. The molecule has 15 heavy (non-hydrogen) atoms. The van der Waals surface area contributed by atoms with Gasteiger partial charge < -0.3 is 5.73 Å². The van der Waals surface area contributed by atoms with E-state index in [0.29, 0.717) is 0 Å². The van der Waals surface area contributed by atoms with Crippen LogP contribution in [0.2, 0.25) is 0 Å². The molecule has 0 bridgehead atoms. The molecule has 0 fully saturated rings. The summed E-state index contributed by atoms with van der Waals surface area (Å²) in [7, 11) is 0. The van der Waals surface area contributed by atoms with Gasteiger partial charge in [-0.05, 0) is 24.0 Å². The molecule has 0 radical (unpaired) electrons. The maximum absolute atomic E-state index is 5.95. The molecule has 0 aliphatic heterocycles. The van der Waals surface area contributed by atoms with Gasteiger partial charge in [-0.1, -0.05) is 57.7 Å². The molecule has 0 aromatic heterocycles. The summed E-state index contributed by atoms with van der Waals surface area (Å²) in [6.45, 7) is 4.53. The van der Waals surface area contributed by atoms with E-state index >= 15 is 0 Å². The van der Waals surface area contributed by atoms with E-state index in [0.717, 1.165) is 18.0 Å². The number of hydrogen-bond donors (Lipinski definition) is 1. The molecule has 1 heteroatoms. The molecule has 0 saturated heterocycles. The van der Waals surface area contributed by atoms with Gasteiger partial charge in [-0.2, -0.15) is 0 Å². The molecule has 1 atom stereocenters. The van der Waals surface area contributed by atoms with Crippen molar-refractivity contribution >= 4 is 5.69 Å². The molecule has 0 saturated carbocycles. The molecule has 0 spiro atoms. The molecule has 1 aromatic rings. The number of nitrogen functional groups attached to an aromatic ring is 1. The first-order valence-electron chi connectivity index (χ1n) is 6.11. The first kappa shape index (κ1) is 12.1. The predicted octanol–water partition coefficient (Wildman–Crippen LogP) is 4.03. The van der Waals surface area contributed by atoms with Crippen molar-refractivity contribution in [3.8, 4) is 0 Å². The van der Waals surface area contributed by atoms with Crippen molar-refractivity contribution in [2.75, 3.05) is 5.73 Å². The second-order valence-corrected chi connectivity index (χ2v) is 4.32. The summed E-state index contributed by atoms with van der Waals surface area (Å²) in [4.78, 5) is 0. The summed E-state index contributed by atoms with van der Waals surface area (Å²) in [6, 6.07) is 8.25. The summed E-state index contributed by atoms with van der Waals surface area (Å²) in [6.07, 6.45) is 6.37. The van der Waals surface area contributed by atoms with Crippen molar-refractivity contribution in [2.45, 2.75) is 46.0 Å². The number of nitrogens with two attached hydrogens (primary N) is 1. The minimum absolute atomic E-state index is 0.801. The van der Waals surface area contributed by atoms with Crippen molar-refractivity contribution < 1.29 is 0 Å². The molecule has 0 amide bonds. The van der Waals surface area contributed by atoms with Gasteiger partial charge in [0.1, 0.15) is 0 Å². The van der Waals surface area contributed by atoms with Gasteiger partial charge in [0.25, 0.3) is 0 Å². The largest absolute Gasteiger partial charge is 0.399 e. The fourth-order valence-corrected chi connectivity index (χ4v) is 1.97. The highest BCUT2D eigenvalue weighted by molar-refractivity contribution is 5.46. The normalized spacial score (nSPS) is 12.7. The van der Waals surface area contributed by atoms with Crippen LogP contribution in [0.15, 0.2) is 24.3 Å². The zero-order chi connectivity index (χ0) is 11.1. The lowest BCUT2D eigenvalue weighted by Gasteiger charge is -2.15. The van der Waals surface area contributed by atoms with Gasteiger partial charge in [0.2, 0.25) is 0 Å². The summed E-state index contributed by atoms with van der Waals surface area (Å²) in [5, 5.41) is 0. The van der Waals surface area contributed by atoms with Crippen LogP contribution in [0.3, 0.4) is 0 Å². The average molecular weight is 205 g/mol. The van der Waals surface area contributed by atoms with E-state index in [2.05, 4.69) is 26.0 Å². The minimum atomic E-state index is 0.801. The van der Waals surface area contributed by atoms with E-state index in [4.69, 9.17) is 5.73 Å². The van der Waals surface area contributed by atoms with Crippen LogP contribution in [-0.2, 0) is 6.42 Å². The van der Waals surface area contributed by atoms with Gasteiger partial charge in [-0.15, -0.1) is 0 Å². The minimum Gasteiger partial charge on any atom is -0.399 e. The lowest BCUT2D eigenvalue weighted by atomic mass is 9.91. The van der Waals surface area contributed by atoms with Crippen LogP contribution in [0, 0.1) is 5.92 Å². The van der Waals surface area contributed by atoms with Crippen LogP contribution in [-0.4, -0.2) is 0 Å². The fourth-order valence-electron chi connectivity index (χ4n) is 1.97. The molecule has 0 aliphatic carbocycles. The van der Waals surface area contributed by atoms with Gasteiger partial charge in [0, 0.05) is 5.69 Å². The van der Waals surface area contributed by atoms with Crippen molar-refractivity contribution in [3.05, 3.63) is 29.8 Å². The molecule has 1 aromatic carbocycles. The van der Waals surface area contributed by atoms with Crippen molar-refractivity contribution in [3.63, 3.8) is 0 Å². The Hall–Kier alpha value is -0.980. The second kappa shape index (κ2) is 6.49. The molecule has 1 nitrogen and oxygen atoms in total. The summed E-state index contributed by atoms with van der Waals surface area (Å²) in [5.41, 5.74) is 8.22. The third-order valence-electron chi connectivity index (χ3n) is 3.11. The Morgan fingerprint density at radius 3 is 2.53 bits per heavy atom. The number of rotatable bonds is 6. The van der Waals surface area contributed by atoms with E-state index in [1.807, 2.05) is 12.1 Å². The van der Waals surface area contributed by atoms with Crippen LogP contribution in [0.25, 0.3) is 0 Å². The zero-order valence-corrected chi connectivity index (χ0v) is 10.00. The first-order valence-corrected chi connectivity index (χ1v) is 6.11. The Morgan fingerprint density at radius 1 is 1.20 bits per heavy atom. The maximum Gasteiger partial charge on any atom is 0.0346 e. The molecule has 1 rings (SSSR count). The number of benzene rings is 1. The number of hydrogen-bond acceptors (Lipinski definition) is 1. The van der Waals surface area contributed by atoms with E-state index in [1.165, 1.54) is 31.2 Å². The Labute approximate surface area is 93.7 Å². The van der Waals surface area contributed by atoms with E-state index in [9.17, 15) is 0 Å². The van der Waals surface area contributed by atoms with E-state index < -0.39 is 0 Å². The number of para-hydroxylation sites is 1. The third-order valence-corrected chi connectivity index (χ3v) is 3.11. The van der Waals surface area contributed by atoms with Crippen LogP contribution in [0.1, 0.15) is 45.1 Å². The molecular weight excluding hydrogens is 182 g/mol. The highest BCUT2D eigenvalue weighted by Crippen LogP contribution is 2.21. The van der Waals surface area contributed by atoms with Crippen molar-refractivity contribution in [1.82, 2.24) is 0 Å². The zero-order valence-electron chi connectivity index (χ0n) is 10.00. The number of anilines is 1. The van der Waals surface area contributed by atoms with Crippen molar-refractivity contribution in [1.29, 1.82) is 0 Å². The highest BCUT2D eigenvalue weighted by atomic mass is 14.6. The van der Waals surface area contributed by atoms with Gasteiger partial charge in [-0.3, -0.25) is 0 Å². The molecule has 0 aliphatic rings. The van der Waals surface area contributed by atoms with Crippen LogP contribution < -0.4 is 5.73 Å². The molecule has 1 unspecified atom stereocenters. The van der Waals surface area contributed by atoms with Gasteiger partial charge in [-0.25, -0.2) is 0 Å². The van der Waals surface area contributed by atoms with E-state index in [-0.39, 0.29) is 0 Å². The topological polar surface area (TPSA) is 26.0 Å². The summed E-state index contributed by atoms with van der Waals surface area (Å²) < 4.78 is 0. The lowest BCUT2D eigenvalue weighted by Crippen LogP contribution is -2.05. The number of unbranched alkanes of at least 4 members (excludes halogenated alkanes) is 1. The Bertz CT molecular complexity index is 280. The van der Waals surface area contributed by atoms with Gasteiger partial charge >= 0.3 is 0 Å². The Morgan fingerprint density at radius 2 is 1.93 bits per heavy atom. The Balaban J connectivity index is 2.54. The van der Waals surface area contributed by atoms with Gasteiger partial charge in [0.15, 0.2) is 0 Å². The van der Waals surface area contributed by atoms with E-state index in [1.54, 1.807) is 0 Å². The molecule has 2 N–H and O–H groups in total. The third kappa shape index (κ3) is 3.94. The highest BCUT2D eigenvalue weighted by Gasteiger charge is 2.08. The SMILES string of the molecule is CCCCC(CC)Cc1ccccc1N. The van der Waals surface area contributed by atoms with Crippen LogP contribution in [0.5, 0.6) is 0 Å². The van der Waals surface area contributed by atoms with Gasteiger partial charge in [0.05, 0.1) is 0 Å². The Kier molecular flexibility index (Phi) is 5.23. The summed E-state index contributed by atoms with van der Waals surface area (Å²) in [5.74, 6) is 0.801. The second-order valence-electron chi connectivity index (χ2n) is 4.32. The first-order chi connectivity index (χ1) is 7.27.